The standard InChI is InChI=1S/C18H27BrN2O3/c1-18(2,3)24-17(22)21-10-5-4-6-15(21)8-11-23-13-14-7-9-20-16(19)12-14/h7,9,12,15H,4-6,8,10-11,13H2,1-3H3/t15-/m0/s1. The summed E-state index contributed by atoms with van der Waals surface area (Å²) in [5, 5.41) is 0. The molecule has 0 N–H and O–H groups in total. The Kier molecular flexibility index (Phi) is 7.04. The second-order valence-corrected chi connectivity index (χ2v) is 7.96. The molecule has 0 aliphatic carbocycles. The number of pyridine rings is 1. The average Bonchev–Trinajstić information content (AvgIpc) is 2.50. The maximum atomic E-state index is 12.4. The first-order valence-electron chi connectivity index (χ1n) is 8.53. The van der Waals surface area contributed by atoms with Crippen molar-refractivity contribution < 1.29 is 14.3 Å². The summed E-state index contributed by atoms with van der Waals surface area (Å²) in [5.41, 5.74) is 0.633. The Morgan fingerprint density at radius 1 is 1.42 bits per heavy atom. The number of nitrogens with zero attached hydrogens (tertiary/aromatic N) is 2. The Hall–Kier alpha value is -1.14. The molecule has 1 fully saturated rings. The second-order valence-electron chi connectivity index (χ2n) is 7.15. The van der Waals surface area contributed by atoms with Crippen LogP contribution < -0.4 is 0 Å². The van der Waals surface area contributed by atoms with Crippen LogP contribution in [0.2, 0.25) is 0 Å². The summed E-state index contributed by atoms with van der Waals surface area (Å²) < 4.78 is 12.1. The van der Waals surface area contributed by atoms with Gasteiger partial charge in [0.15, 0.2) is 0 Å². The molecule has 0 spiro atoms. The Morgan fingerprint density at radius 3 is 2.92 bits per heavy atom. The second kappa shape index (κ2) is 8.81. The molecule has 6 heteroatoms. The maximum Gasteiger partial charge on any atom is 0.410 e. The fraction of sp³-hybridized carbons (Fsp3) is 0.667. The lowest BCUT2D eigenvalue weighted by atomic mass is 10.0. The van der Waals surface area contributed by atoms with E-state index in [1.54, 1.807) is 6.20 Å². The monoisotopic (exact) mass is 398 g/mol. The minimum Gasteiger partial charge on any atom is -0.444 e. The van der Waals surface area contributed by atoms with Crippen LogP contribution in [0.25, 0.3) is 0 Å². The van der Waals surface area contributed by atoms with Gasteiger partial charge in [-0.25, -0.2) is 9.78 Å². The third kappa shape index (κ3) is 6.40. The highest BCUT2D eigenvalue weighted by Crippen LogP contribution is 2.22. The lowest BCUT2D eigenvalue weighted by molar-refractivity contribution is 0.00378. The van der Waals surface area contributed by atoms with E-state index in [0.29, 0.717) is 13.2 Å². The van der Waals surface area contributed by atoms with E-state index < -0.39 is 5.60 Å². The van der Waals surface area contributed by atoms with Crippen LogP contribution in [-0.2, 0) is 16.1 Å². The summed E-state index contributed by atoms with van der Waals surface area (Å²) >= 11 is 3.36. The quantitative estimate of drug-likeness (QED) is 0.539. The first-order valence-corrected chi connectivity index (χ1v) is 9.32. The zero-order chi connectivity index (χ0) is 17.6. The first-order chi connectivity index (χ1) is 11.3. The Labute approximate surface area is 152 Å². The third-order valence-electron chi connectivity index (χ3n) is 3.91. The number of amides is 1. The lowest BCUT2D eigenvalue weighted by Crippen LogP contribution is -2.46. The number of hydrogen-bond donors (Lipinski definition) is 0. The number of carbonyl (C=O) groups excluding carboxylic acids is 1. The molecule has 1 aromatic rings. The van der Waals surface area contributed by atoms with E-state index in [4.69, 9.17) is 9.47 Å². The predicted octanol–water partition coefficient (Wildman–Crippen LogP) is 4.54. The molecule has 1 aliphatic heterocycles. The smallest absolute Gasteiger partial charge is 0.410 e. The molecular weight excluding hydrogens is 372 g/mol. The van der Waals surface area contributed by atoms with Crippen molar-refractivity contribution in [1.29, 1.82) is 0 Å². The molecule has 1 aliphatic rings. The van der Waals surface area contributed by atoms with Crippen LogP contribution in [0.3, 0.4) is 0 Å². The van der Waals surface area contributed by atoms with E-state index in [-0.39, 0.29) is 12.1 Å². The maximum absolute atomic E-state index is 12.4. The van der Waals surface area contributed by atoms with Crippen LogP contribution in [0.15, 0.2) is 22.9 Å². The molecule has 1 aromatic heterocycles. The number of hydrogen-bond acceptors (Lipinski definition) is 4. The zero-order valence-corrected chi connectivity index (χ0v) is 16.3. The largest absolute Gasteiger partial charge is 0.444 e. The van der Waals surface area contributed by atoms with Gasteiger partial charge in [0.1, 0.15) is 10.2 Å². The lowest BCUT2D eigenvalue weighted by Gasteiger charge is -2.36. The highest BCUT2D eigenvalue weighted by molar-refractivity contribution is 9.10. The minimum absolute atomic E-state index is 0.203. The number of carbonyl (C=O) groups is 1. The number of halogens is 1. The van der Waals surface area contributed by atoms with Gasteiger partial charge in [-0.05, 0) is 80.1 Å². The normalized spacial score (nSPS) is 18.5. The molecule has 24 heavy (non-hydrogen) atoms. The van der Waals surface area contributed by atoms with Gasteiger partial charge in [0.2, 0.25) is 0 Å². The van der Waals surface area contributed by atoms with Crippen LogP contribution in [-0.4, -0.2) is 40.8 Å². The summed E-state index contributed by atoms with van der Waals surface area (Å²) in [7, 11) is 0. The summed E-state index contributed by atoms with van der Waals surface area (Å²) in [6.45, 7) is 7.67. The van der Waals surface area contributed by atoms with E-state index in [1.807, 2.05) is 37.8 Å². The van der Waals surface area contributed by atoms with Crippen molar-refractivity contribution >= 4 is 22.0 Å². The fourth-order valence-corrected chi connectivity index (χ4v) is 3.22. The molecule has 0 unspecified atom stereocenters. The van der Waals surface area contributed by atoms with Crippen molar-refractivity contribution in [3.05, 3.63) is 28.5 Å². The molecule has 5 nitrogen and oxygen atoms in total. The van der Waals surface area contributed by atoms with Crippen molar-refractivity contribution in [1.82, 2.24) is 9.88 Å². The van der Waals surface area contributed by atoms with Gasteiger partial charge < -0.3 is 14.4 Å². The highest BCUT2D eigenvalue weighted by atomic mass is 79.9. The van der Waals surface area contributed by atoms with Crippen LogP contribution in [0.1, 0.15) is 52.0 Å². The van der Waals surface area contributed by atoms with Gasteiger partial charge in [0.05, 0.1) is 6.61 Å². The molecule has 134 valence electrons. The number of rotatable bonds is 5. The van der Waals surface area contributed by atoms with E-state index in [9.17, 15) is 4.79 Å². The average molecular weight is 399 g/mol. The molecule has 1 atom stereocenters. The number of aromatic nitrogens is 1. The molecule has 0 saturated carbocycles. The topological polar surface area (TPSA) is 51.7 Å². The van der Waals surface area contributed by atoms with Gasteiger partial charge in [-0.2, -0.15) is 0 Å². The van der Waals surface area contributed by atoms with Crippen molar-refractivity contribution in [2.75, 3.05) is 13.2 Å². The molecule has 1 saturated heterocycles. The minimum atomic E-state index is -0.454. The van der Waals surface area contributed by atoms with Crippen molar-refractivity contribution in [3.63, 3.8) is 0 Å². The van der Waals surface area contributed by atoms with Crippen molar-refractivity contribution in [2.45, 2.75) is 64.7 Å². The third-order valence-corrected chi connectivity index (χ3v) is 4.34. The Balaban J connectivity index is 1.79. The summed E-state index contributed by atoms with van der Waals surface area (Å²) in [4.78, 5) is 18.3. The van der Waals surface area contributed by atoms with Crippen LogP contribution in [0.5, 0.6) is 0 Å². The highest BCUT2D eigenvalue weighted by Gasteiger charge is 2.30. The summed E-state index contributed by atoms with van der Waals surface area (Å²) in [5.74, 6) is 0. The number of ether oxygens (including phenoxy) is 2. The molecule has 1 amide bonds. The first kappa shape index (κ1) is 19.2. The van der Waals surface area contributed by atoms with Gasteiger partial charge in [-0.1, -0.05) is 0 Å². The summed E-state index contributed by atoms with van der Waals surface area (Å²) in [6, 6.07) is 4.10. The molecule has 2 heterocycles. The predicted molar refractivity (Wildman–Crippen MR) is 96.8 cm³/mol. The van der Waals surface area contributed by atoms with E-state index >= 15 is 0 Å². The SMILES string of the molecule is CC(C)(C)OC(=O)N1CCCC[C@H]1CCOCc1ccnc(Br)c1. The van der Waals surface area contributed by atoms with Gasteiger partial charge in [-0.3, -0.25) is 0 Å². The van der Waals surface area contributed by atoms with E-state index in [0.717, 1.165) is 42.4 Å². The number of piperidine rings is 1. The van der Waals surface area contributed by atoms with E-state index in [1.165, 1.54) is 0 Å². The Morgan fingerprint density at radius 2 is 2.21 bits per heavy atom. The summed E-state index contributed by atoms with van der Waals surface area (Å²) in [6.07, 6.45) is 5.61. The van der Waals surface area contributed by atoms with Gasteiger partial charge in [0.25, 0.3) is 0 Å². The van der Waals surface area contributed by atoms with Crippen LogP contribution >= 0.6 is 15.9 Å². The van der Waals surface area contributed by atoms with Crippen LogP contribution in [0.4, 0.5) is 4.79 Å². The zero-order valence-electron chi connectivity index (χ0n) is 14.8. The Bertz CT molecular complexity index is 545. The molecule has 0 aromatic carbocycles. The van der Waals surface area contributed by atoms with Gasteiger partial charge >= 0.3 is 6.09 Å². The molecule has 2 rings (SSSR count). The van der Waals surface area contributed by atoms with Gasteiger partial charge in [-0.15, -0.1) is 0 Å². The fourth-order valence-electron chi connectivity index (χ4n) is 2.80. The van der Waals surface area contributed by atoms with Crippen molar-refractivity contribution in [3.8, 4) is 0 Å². The van der Waals surface area contributed by atoms with E-state index in [2.05, 4.69) is 20.9 Å². The van der Waals surface area contributed by atoms with Crippen molar-refractivity contribution in [2.24, 2.45) is 0 Å². The molecule has 0 radical (unpaired) electrons. The number of likely N-dealkylation sites (tertiary alicyclic amines) is 1. The van der Waals surface area contributed by atoms with Crippen LogP contribution in [0, 0.1) is 0 Å². The van der Waals surface area contributed by atoms with Gasteiger partial charge in [0, 0.05) is 25.4 Å². The molecule has 0 bridgehead atoms. The molecular formula is C18H27BrN2O3.